The fourth-order valence-electron chi connectivity index (χ4n) is 0.946. The van der Waals surface area contributed by atoms with Gasteiger partial charge >= 0.3 is 0 Å². The van der Waals surface area contributed by atoms with E-state index in [9.17, 15) is 9.59 Å². The average Bonchev–Trinajstić information content (AvgIpc) is 2.11. The highest BCUT2D eigenvalue weighted by Gasteiger charge is 2.29. The maximum absolute atomic E-state index is 11.3. The van der Waals surface area contributed by atoms with Crippen LogP contribution in [-0.4, -0.2) is 51.9 Å². The Morgan fingerprint density at radius 2 is 1.86 bits per heavy atom. The largest absolute Gasteiger partial charge is 0.393 e. The number of hydrogen-bond acceptors (Lipinski definition) is 5. The van der Waals surface area contributed by atoms with E-state index in [1.807, 2.05) is 0 Å². The van der Waals surface area contributed by atoms with E-state index in [0.717, 1.165) is 0 Å². The first kappa shape index (κ1) is 13.0. The standard InChI is InChI=1S/C8H15NO5/c1-4(11)7(9-5(2)12)8(14)6(13)3-10/h4,6-7,10-11,13H,3H2,1-2H3,(H,9,12)/t4-,6+,7+/m1/s1. The first-order valence-electron chi connectivity index (χ1n) is 4.18. The lowest BCUT2D eigenvalue weighted by molar-refractivity contribution is -0.136. The summed E-state index contributed by atoms with van der Waals surface area (Å²) in [6.45, 7) is 1.76. The van der Waals surface area contributed by atoms with Gasteiger partial charge in [0, 0.05) is 6.92 Å². The van der Waals surface area contributed by atoms with Gasteiger partial charge in [0.2, 0.25) is 5.91 Å². The molecule has 3 atom stereocenters. The predicted octanol–water partition coefficient (Wildman–Crippen LogP) is -2.21. The molecule has 0 unspecified atom stereocenters. The molecule has 1 amide bonds. The number of Topliss-reactive ketones (excluding diaryl/α,β-unsaturated/α-hetero) is 1. The highest BCUT2D eigenvalue weighted by atomic mass is 16.3. The lowest BCUT2D eigenvalue weighted by atomic mass is 10.0. The number of hydrogen-bond donors (Lipinski definition) is 4. The highest BCUT2D eigenvalue weighted by molar-refractivity contribution is 5.91. The molecule has 14 heavy (non-hydrogen) atoms. The second-order valence-corrected chi connectivity index (χ2v) is 3.02. The quantitative estimate of drug-likeness (QED) is 0.407. The molecule has 0 aliphatic carbocycles. The lowest BCUT2D eigenvalue weighted by Gasteiger charge is -2.21. The van der Waals surface area contributed by atoms with Gasteiger partial charge in [-0.2, -0.15) is 0 Å². The van der Waals surface area contributed by atoms with Crippen molar-refractivity contribution in [3.05, 3.63) is 0 Å². The topological polar surface area (TPSA) is 107 Å². The van der Waals surface area contributed by atoms with Crippen LogP contribution in [0.25, 0.3) is 0 Å². The van der Waals surface area contributed by atoms with E-state index in [1.165, 1.54) is 13.8 Å². The average molecular weight is 205 g/mol. The van der Waals surface area contributed by atoms with Gasteiger partial charge in [-0.3, -0.25) is 9.59 Å². The summed E-state index contributed by atoms with van der Waals surface area (Å²) in [5.41, 5.74) is 0. The van der Waals surface area contributed by atoms with E-state index < -0.39 is 36.5 Å². The van der Waals surface area contributed by atoms with E-state index in [1.54, 1.807) is 0 Å². The van der Waals surface area contributed by atoms with Crippen LogP contribution in [-0.2, 0) is 9.59 Å². The number of nitrogens with one attached hydrogen (secondary N) is 1. The smallest absolute Gasteiger partial charge is 0.217 e. The Labute approximate surface area is 81.5 Å². The van der Waals surface area contributed by atoms with Crippen LogP contribution < -0.4 is 5.32 Å². The zero-order chi connectivity index (χ0) is 11.3. The van der Waals surface area contributed by atoms with Crippen LogP contribution in [0, 0.1) is 0 Å². The molecule has 0 aromatic rings. The Balaban J connectivity index is 4.49. The number of carbonyl (C=O) groups is 2. The molecule has 0 spiro atoms. The fraction of sp³-hybridized carbons (Fsp3) is 0.750. The molecule has 0 saturated heterocycles. The molecule has 0 rings (SSSR count). The third-order valence-corrected chi connectivity index (χ3v) is 1.65. The van der Waals surface area contributed by atoms with Gasteiger partial charge in [0.25, 0.3) is 0 Å². The van der Waals surface area contributed by atoms with Crippen molar-refractivity contribution < 1.29 is 24.9 Å². The van der Waals surface area contributed by atoms with Crippen LogP contribution in [0.5, 0.6) is 0 Å². The van der Waals surface area contributed by atoms with Crippen molar-refractivity contribution in [3.63, 3.8) is 0 Å². The van der Waals surface area contributed by atoms with E-state index in [2.05, 4.69) is 5.32 Å². The molecule has 0 heterocycles. The van der Waals surface area contributed by atoms with Crippen LogP contribution in [0.2, 0.25) is 0 Å². The van der Waals surface area contributed by atoms with Crippen molar-refractivity contribution in [2.75, 3.05) is 6.61 Å². The van der Waals surface area contributed by atoms with E-state index in [0.29, 0.717) is 0 Å². The summed E-state index contributed by atoms with van der Waals surface area (Å²) in [7, 11) is 0. The summed E-state index contributed by atoms with van der Waals surface area (Å²) in [6, 6.07) is -1.19. The summed E-state index contributed by atoms with van der Waals surface area (Å²) in [5, 5.41) is 28.8. The molecule has 0 saturated carbocycles. The Kier molecular flexibility index (Phi) is 5.29. The van der Waals surface area contributed by atoms with Crippen LogP contribution in [0.15, 0.2) is 0 Å². The molecule has 4 N–H and O–H groups in total. The molecule has 6 nitrogen and oxygen atoms in total. The van der Waals surface area contributed by atoms with E-state index >= 15 is 0 Å². The molecular weight excluding hydrogens is 190 g/mol. The van der Waals surface area contributed by atoms with E-state index in [4.69, 9.17) is 15.3 Å². The van der Waals surface area contributed by atoms with Gasteiger partial charge < -0.3 is 20.6 Å². The highest BCUT2D eigenvalue weighted by Crippen LogP contribution is 1.99. The first-order chi connectivity index (χ1) is 6.40. The summed E-state index contributed by atoms with van der Waals surface area (Å²) >= 11 is 0. The van der Waals surface area contributed by atoms with Gasteiger partial charge in [-0.15, -0.1) is 0 Å². The van der Waals surface area contributed by atoms with Crippen LogP contribution in [0.3, 0.4) is 0 Å². The molecule has 0 fully saturated rings. The fourth-order valence-corrected chi connectivity index (χ4v) is 0.946. The molecule has 0 aromatic carbocycles. The molecule has 82 valence electrons. The van der Waals surface area contributed by atoms with Crippen molar-refractivity contribution in [2.24, 2.45) is 0 Å². The second-order valence-electron chi connectivity index (χ2n) is 3.02. The maximum Gasteiger partial charge on any atom is 0.217 e. The Hall–Kier alpha value is -0.980. The zero-order valence-electron chi connectivity index (χ0n) is 8.10. The van der Waals surface area contributed by atoms with Crippen molar-refractivity contribution in [1.29, 1.82) is 0 Å². The summed E-state index contributed by atoms with van der Waals surface area (Å²) in [6.07, 6.45) is -2.70. The number of carbonyl (C=O) groups excluding carboxylic acids is 2. The predicted molar refractivity (Wildman–Crippen MR) is 47.4 cm³/mol. The maximum atomic E-state index is 11.3. The SMILES string of the molecule is CC(=O)N[C@H](C(=O)[C@@H](O)CO)[C@@H](C)O. The van der Waals surface area contributed by atoms with E-state index in [-0.39, 0.29) is 0 Å². The van der Waals surface area contributed by atoms with Crippen LogP contribution in [0.4, 0.5) is 0 Å². The Bertz CT molecular complexity index is 216. The van der Waals surface area contributed by atoms with Gasteiger partial charge in [-0.1, -0.05) is 0 Å². The van der Waals surface area contributed by atoms with Crippen molar-refractivity contribution in [1.82, 2.24) is 5.32 Å². The van der Waals surface area contributed by atoms with Crippen molar-refractivity contribution in [3.8, 4) is 0 Å². The van der Waals surface area contributed by atoms with Crippen molar-refractivity contribution >= 4 is 11.7 Å². The minimum absolute atomic E-state index is 0.491. The molecule has 0 aliphatic rings. The molecule has 0 radical (unpaired) electrons. The van der Waals surface area contributed by atoms with Gasteiger partial charge in [0.05, 0.1) is 12.7 Å². The number of aliphatic hydroxyl groups excluding tert-OH is 3. The number of rotatable bonds is 5. The number of ketones is 1. The molecule has 0 aromatic heterocycles. The zero-order valence-corrected chi connectivity index (χ0v) is 8.10. The van der Waals surface area contributed by atoms with Gasteiger partial charge in [0.15, 0.2) is 5.78 Å². The molecule has 0 bridgehead atoms. The normalized spacial score (nSPS) is 16.9. The molecular formula is C8H15NO5. The second kappa shape index (κ2) is 5.69. The first-order valence-corrected chi connectivity index (χ1v) is 4.18. The molecule has 6 heteroatoms. The van der Waals surface area contributed by atoms with Gasteiger partial charge in [-0.05, 0) is 6.92 Å². The molecule has 0 aliphatic heterocycles. The third-order valence-electron chi connectivity index (χ3n) is 1.65. The van der Waals surface area contributed by atoms with Gasteiger partial charge in [-0.25, -0.2) is 0 Å². The number of aliphatic hydroxyl groups is 3. The van der Waals surface area contributed by atoms with Crippen LogP contribution >= 0.6 is 0 Å². The lowest BCUT2D eigenvalue weighted by Crippen LogP contribution is -2.51. The Morgan fingerprint density at radius 1 is 1.36 bits per heavy atom. The monoisotopic (exact) mass is 205 g/mol. The van der Waals surface area contributed by atoms with Gasteiger partial charge in [0.1, 0.15) is 12.1 Å². The third kappa shape index (κ3) is 3.82. The minimum atomic E-state index is -1.58. The Morgan fingerprint density at radius 3 is 2.14 bits per heavy atom. The minimum Gasteiger partial charge on any atom is -0.393 e. The summed E-state index contributed by atoms with van der Waals surface area (Å²) in [4.78, 5) is 21.9. The number of amides is 1. The summed E-state index contributed by atoms with van der Waals surface area (Å²) in [5.74, 6) is -1.30. The van der Waals surface area contributed by atoms with Crippen molar-refractivity contribution in [2.45, 2.75) is 32.1 Å². The van der Waals surface area contributed by atoms with Crippen LogP contribution in [0.1, 0.15) is 13.8 Å². The summed E-state index contributed by atoms with van der Waals surface area (Å²) < 4.78 is 0.